The van der Waals surface area contributed by atoms with Gasteiger partial charge in [0.15, 0.2) is 0 Å². The number of hydrogen-bond acceptors (Lipinski definition) is 6. The van der Waals surface area contributed by atoms with Crippen molar-refractivity contribution < 1.29 is 33.0 Å². The first-order valence-corrected chi connectivity index (χ1v) is 9.79. The number of sulfonamides is 1. The van der Waals surface area contributed by atoms with E-state index in [1.165, 1.54) is 28.6 Å². The first kappa shape index (κ1) is 19.8. The number of morpholine rings is 1. The number of benzene rings is 2. The molecule has 1 fully saturated rings. The molecule has 0 spiro atoms. The lowest BCUT2D eigenvalue weighted by molar-refractivity contribution is 0.0698. The summed E-state index contributed by atoms with van der Waals surface area (Å²) in [7, 11) is -3.86. The Labute approximate surface area is 161 Å². The molecule has 1 saturated heterocycles. The van der Waals surface area contributed by atoms with Crippen molar-refractivity contribution in [3.63, 3.8) is 0 Å². The average Bonchev–Trinajstić information content (AvgIpc) is 2.69. The predicted molar refractivity (Wildman–Crippen MR) is 99.0 cm³/mol. The highest BCUT2D eigenvalue weighted by Crippen LogP contribution is 2.26. The lowest BCUT2D eigenvalue weighted by Gasteiger charge is -2.26. The van der Waals surface area contributed by atoms with Crippen LogP contribution < -0.4 is 5.32 Å². The van der Waals surface area contributed by atoms with Crippen molar-refractivity contribution in [1.29, 1.82) is 0 Å². The molecule has 0 saturated carbocycles. The molecule has 28 heavy (non-hydrogen) atoms. The van der Waals surface area contributed by atoms with Crippen molar-refractivity contribution in [3.8, 4) is 5.75 Å². The number of carboxylic acids is 1. The van der Waals surface area contributed by atoms with Gasteiger partial charge in [0.2, 0.25) is 10.0 Å². The van der Waals surface area contributed by atoms with Gasteiger partial charge in [0.25, 0.3) is 5.91 Å². The summed E-state index contributed by atoms with van der Waals surface area (Å²) >= 11 is 0. The molecule has 0 aromatic heterocycles. The molecule has 0 atom stereocenters. The number of ether oxygens (including phenoxy) is 1. The molecule has 2 aromatic carbocycles. The van der Waals surface area contributed by atoms with E-state index in [0.29, 0.717) is 0 Å². The standard InChI is InChI=1S/C18H18N2O7S/c21-16-6-5-12(28(25,26)20-7-9-27-10-8-20)11-14(16)17(22)19-15-4-2-1-3-13(15)18(23)24/h1-6,11,21H,7-10H2,(H,19,22)(H,23,24). The van der Waals surface area contributed by atoms with Crippen LogP contribution in [0.2, 0.25) is 0 Å². The maximum absolute atomic E-state index is 12.8. The Morgan fingerprint density at radius 1 is 1.04 bits per heavy atom. The molecular weight excluding hydrogens is 388 g/mol. The first-order valence-electron chi connectivity index (χ1n) is 8.35. The monoisotopic (exact) mass is 406 g/mol. The fourth-order valence-electron chi connectivity index (χ4n) is 2.76. The maximum atomic E-state index is 12.8. The van der Waals surface area contributed by atoms with Crippen LogP contribution in [0.25, 0.3) is 0 Å². The molecule has 1 aliphatic rings. The van der Waals surface area contributed by atoms with Gasteiger partial charge in [-0.05, 0) is 30.3 Å². The minimum Gasteiger partial charge on any atom is -0.507 e. The van der Waals surface area contributed by atoms with Gasteiger partial charge in [0, 0.05) is 13.1 Å². The molecule has 1 amide bonds. The number of anilines is 1. The van der Waals surface area contributed by atoms with E-state index in [2.05, 4.69) is 5.32 Å². The highest BCUT2D eigenvalue weighted by Gasteiger charge is 2.28. The number of carbonyl (C=O) groups is 2. The zero-order chi connectivity index (χ0) is 20.3. The van der Waals surface area contributed by atoms with Gasteiger partial charge >= 0.3 is 5.97 Å². The smallest absolute Gasteiger partial charge is 0.337 e. The normalized spacial score (nSPS) is 15.1. The number of hydrogen-bond donors (Lipinski definition) is 3. The predicted octanol–water partition coefficient (Wildman–Crippen LogP) is 1.36. The number of amides is 1. The molecule has 0 unspecified atom stereocenters. The molecular formula is C18H18N2O7S. The summed E-state index contributed by atoms with van der Waals surface area (Å²) in [6.07, 6.45) is 0. The minimum absolute atomic E-state index is 0.0286. The summed E-state index contributed by atoms with van der Waals surface area (Å²) in [4.78, 5) is 23.7. The maximum Gasteiger partial charge on any atom is 0.337 e. The van der Waals surface area contributed by atoms with E-state index in [0.717, 1.165) is 12.1 Å². The van der Waals surface area contributed by atoms with Crippen LogP contribution in [0.4, 0.5) is 5.69 Å². The van der Waals surface area contributed by atoms with Crippen LogP contribution in [0.15, 0.2) is 47.4 Å². The van der Waals surface area contributed by atoms with Crippen molar-refractivity contribution in [2.45, 2.75) is 4.90 Å². The zero-order valence-electron chi connectivity index (χ0n) is 14.7. The Balaban J connectivity index is 1.91. The van der Waals surface area contributed by atoms with Crippen molar-refractivity contribution in [3.05, 3.63) is 53.6 Å². The number of rotatable bonds is 5. The number of carboxylic acid groups (broad SMARTS) is 1. The molecule has 9 nitrogen and oxygen atoms in total. The topological polar surface area (TPSA) is 133 Å². The number of phenolic OH excluding ortho intramolecular Hbond substituents is 1. The van der Waals surface area contributed by atoms with Crippen molar-refractivity contribution in [2.75, 3.05) is 31.6 Å². The summed E-state index contributed by atoms with van der Waals surface area (Å²) in [6, 6.07) is 9.16. The van der Waals surface area contributed by atoms with Gasteiger partial charge in [-0.3, -0.25) is 4.79 Å². The van der Waals surface area contributed by atoms with E-state index in [4.69, 9.17) is 4.74 Å². The largest absolute Gasteiger partial charge is 0.507 e. The van der Waals surface area contributed by atoms with Gasteiger partial charge in [0.1, 0.15) is 5.75 Å². The number of phenols is 1. The second-order valence-corrected chi connectivity index (χ2v) is 7.94. The SMILES string of the molecule is O=C(Nc1ccccc1C(=O)O)c1cc(S(=O)(=O)N2CCOCC2)ccc1O. The van der Waals surface area contributed by atoms with E-state index in [-0.39, 0.29) is 48.0 Å². The van der Waals surface area contributed by atoms with E-state index in [1.54, 1.807) is 6.07 Å². The van der Waals surface area contributed by atoms with Crippen LogP contribution in [-0.4, -0.2) is 61.1 Å². The van der Waals surface area contributed by atoms with Crippen LogP contribution in [0.1, 0.15) is 20.7 Å². The van der Waals surface area contributed by atoms with Crippen molar-refractivity contribution in [1.82, 2.24) is 4.31 Å². The Morgan fingerprint density at radius 3 is 2.39 bits per heavy atom. The van der Waals surface area contributed by atoms with E-state index in [1.807, 2.05) is 0 Å². The summed E-state index contributed by atoms with van der Waals surface area (Å²) in [5.41, 5.74) is -0.386. The van der Waals surface area contributed by atoms with Gasteiger partial charge in [-0.15, -0.1) is 0 Å². The molecule has 3 N–H and O–H groups in total. The number of para-hydroxylation sites is 1. The van der Waals surface area contributed by atoms with Crippen LogP contribution in [-0.2, 0) is 14.8 Å². The highest BCUT2D eigenvalue weighted by atomic mass is 32.2. The molecule has 0 bridgehead atoms. The van der Waals surface area contributed by atoms with Gasteiger partial charge in [0.05, 0.1) is 34.9 Å². The molecule has 148 valence electrons. The Morgan fingerprint density at radius 2 is 1.71 bits per heavy atom. The quantitative estimate of drug-likeness (QED) is 0.683. The van der Waals surface area contributed by atoms with Crippen LogP contribution in [0, 0.1) is 0 Å². The van der Waals surface area contributed by atoms with E-state index >= 15 is 0 Å². The fourth-order valence-corrected chi connectivity index (χ4v) is 4.20. The third kappa shape index (κ3) is 3.98. The summed E-state index contributed by atoms with van der Waals surface area (Å²) < 4.78 is 31.9. The number of nitrogens with one attached hydrogen (secondary N) is 1. The number of nitrogens with zero attached hydrogens (tertiary/aromatic N) is 1. The van der Waals surface area contributed by atoms with Gasteiger partial charge in [-0.25, -0.2) is 13.2 Å². The Hall–Kier alpha value is -2.95. The van der Waals surface area contributed by atoms with Gasteiger partial charge in [-0.1, -0.05) is 12.1 Å². The summed E-state index contributed by atoms with van der Waals surface area (Å²) in [5, 5.41) is 21.6. The van der Waals surface area contributed by atoms with Crippen LogP contribution in [0.5, 0.6) is 5.75 Å². The number of aromatic carboxylic acids is 1. The van der Waals surface area contributed by atoms with E-state index in [9.17, 15) is 28.2 Å². The van der Waals surface area contributed by atoms with E-state index < -0.39 is 27.6 Å². The first-order chi connectivity index (χ1) is 13.3. The Kier molecular flexibility index (Phi) is 5.63. The van der Waals surface area contributed by atoms with Crippen LogP contribution in [0.3, 0.4) is 0 Å². The molecule has 2 aromatic rings. The Bertz CT molecular complexity index is 1010. The van der Waals surface area contributed by atoms with Gasteiger partial charge in [-0.2, -0.15) is 4.31 Å². The fraction of sp³-hybridized carbons (Fsp3) is 0.222. The molecule has 1 heterocycles. The highest BCUT2D eigenvalue weighted by molar-refractivity contribution is 7.89. The summed E-state index contributed by atoms with van der Waals surface area (Å²) in [5.74, 6) is -2.49. The average molecular weight is 406 g/mol. The molecule has 10 heteroatoms. The zero-order valence-corrected chi connectivity index (χ0v) is 15.5. The van der Waals surface area contributed by atoms with Crippen molar-refractivity contribution in [2.24, 2.45) is 0 Å². The minimum atomic E-state index is -3.86. The molecule has 0 aliphatic carbocycles. The lowest BCUT2D eigenvalue weighted by Crippen LogP contribution is -2.40. The summed E-state index contributed by atoms with van der Waals surface area (Å²) in [6.45, 7) is 0.931. The second-order valence-electron chi connectivity index (χ2n) is 6.00. The third-order valence-corrected chi connectivity index (χ3v) is 6.12. The number of aromatic hydroxyl groups is 1. The third-order valence-electron chi connectivity index (χ3n) is 4.23. The van der Waals surface area contributed by atoms with Crippen LogP contribution >= 0.6 is 0 Å². The number of carbonyl (C=O) groups excluding carboxylic acids is 1. The van der Waals surface area contributed by atoms with Gasteiger partial charge < -0.3 is 20.3 Å². The molecule has 3 rings (SSSR count). The second kappa shape index (κ2) is 7.97. The lowest BCUT2D eigenvalue weighted by atomic mass is 10.1. The molecule has 1 aliphatic heterocycles. The molecule has 0 radical (unpaired) electrons. The van der Waals surface area contributed by atoms with Crippen molar-refractivity contribution >= 4 is 27.6 Å².